The third-order valence-corrected chi connectivity index (χ3v) is 6.62. The number of anilines is 1. The van der Waals surface area contributed by atoms with Crippen molar-refractivity contribution in [2.45, 2.75) is 58.0 Å². The summed E-state index contributed by atoms with van der Waals surface area (Å²) in [5, 5.41) is 2.99. The highest BCUT2D eigenvalue weighted by Gasteiger charge is 2.29. The maximum Gasteiger partial charge on any atom is 0.322 e. The molecule has 6 nitrogen and oxygen atoms in total. The number of nitrogens with one attached hydrogen (secondary N) is 1. The van der Waals surface area contributed by atoms with Gasteiger partial charge in [0.05, 0.1) is 6.54 Å². The summed E-state index contributed by atoms with van der Waals surface area (Å²) in [6, 6.07) is 23.3. The van der Waals surface area contributed by atoms with Crippen LogP contribution >= 0.6 is 0 Å². The van der Waals surface area contributed by atoms with Gasteiger partial charge < -0.3 is 19.5 Å². The highest BCUT2D eigenvalue weighted by atomic mass is 16.3. The van der Waals surface area contributed by atoms with Crippen LogP contribution in [0.4, 0.5) is 10.5 Å². The van der Waals surface area contributed by atoms with Crippen molar-refractivity contribution < 1.29 is 14.0 Å². The lowest BCUT2D eigenvalue weighted by atomic mass is 9.94. The van der Waals surface area contributed by atoms with Gasteiger partial charge in [-0.25, -0.2) is 4.79 Å². The van der Waals surface area contributed by atoms with Crippen LogP contribution in [0.3, 0.4) is 0 Å². The van der Waals surface area contributed by atoms with Gasteiger partial charge in [0.1, 0.15) is 18.1 Å². The van der Waals surface area contributed by atoms with Gasteiger partial charge in [-0.05, 0) is 56.0 Å². The van der Waals surface area contributed by atoms with Gasteiger partial charge in [0.15, 0.2) is 0 Å². The minimum atomic E-state index is -0.215. The fraction of sp³-hybridized carbons (Fsp3) is 0.379. The Hall–Kier alpha value is -3.54. The van der Waals surface area contributed by atoms with Crippen molar-refractivity contribution in [1.82, 2.24) is 9.80 Å². The van der Waals surface area contributed by atoms with E-state index in [9.17, 15) is 9.59 Å². The first-order valence-corrected chi connectivity index (χ1v) is 12.6. The zero-order valence-corrected chi connectivity index (χ0v) is 20.5. The molecule has 3 amide bonds. The molecule has 1 heterocycles. The van der Waals surface area contributed by atoms with Crippen LogP contribution in [-0.2, 0) is 17.8 Å². The van der Waals surface area contributed by atoms with Crippen molar-refractivity contribution in [2.75, 3.05) is 18.4 Å². The molecule has 6 heteroatoms. The monoisotopic (exact) mass is 473 g/mol. The first-order valence-electron chi connectivity index (χ1n) is 12.6. The average Bonchev–Trinajstić information content (AvgIpc) is 3.31. The number of nitrogens with zero attached hydrogens (tertiary/aromatic N) is 2. The second-order valence-electron chi connectivity index (χ2n) is 9.28. The van der Waals surface area contributed by atoms with Crippen LogP contribution in [0.5, 0.6) is 0 Å². The first-order chi connectivity index (χ1) is 17.1. The van der Waals surface area contributed by atoms with Crippen molar-refractivity contribution in [3.63, 3.8) is 0 Å². The smallest absolute Gasteiger partial charge is 0.322 e. The SMILES string of the molecule is Cc1ccc(CN(CCc2ccccc2)C(=O)CN(C(=O)Nc2ccccc2)C2CCCCC2)o1. The third-order valence-electron chi connectivity index (χ3n) is 6.62. The summed E-state index contributed by atoms with van der Waals surface area (Å²) < 4.78 is 5.78. The molecule has 0 radical (unpaired) electrons. The molecule has 0 aliphatic heterocycles. The summed E-state index contributed by atoms with van der Waals surface area (Å²) in [7, 11) is 0. The summed E-state index contributed by atoms with van der Waals surface area (Å²) in [5.74, 6) is 1.51. The summed E-state index contributed by atoms with van der Waals surface area (Å²) in [4.78, 5) is 30.5. The van der Waals surface area contributed by atoms with Gasteiger partial charge in [0.25, 0.3) is 0 Å². The van der Waals surface area contributed by atoms with Crippen LogP contribution in [0.15, 0.2) is 77.2 Å². The van der Waals surface area contributed by atoms with Crippen molar-refractivity contribution in [3.05, 3.63) is 89.9 Å². The van der Waals surface area contributed by atoms with Gasteiger partial charge >= 0.3 is 6.03 Å². The Kier molecular flexibility index (Phi) is 8.60. The van der Waals surface area contributed by atoms with Gasteiger partial charge in [-0.1, -0.05) is 67.8 Å². The van der Waals surface area contributed by atoms with Gasteiger partial charge in [0, 0.05) is 18.3 Å². The fourth-order valence-corrected chi connectivity index (χ4v) is 4.68. The molecule has 1 aliphatic rings. The number of urea groups is 1. The molecule has 0 saturated heterocycles. The summed E-state index contributed by atoms with van der Waals surface area (Å²) in [6.45, 7) is 2.90. The Morgan fingerprint density at radius 3 is 2.26 bits per heavy atom. The lowest BCUT2D eigenvalue weighted by Crippen LogP contribution is -2.49. The van der Waals surface area contributed by atoms with E-state index in [1.54, 1.807) is 4.90 Å². The number of furan rings is 1. The minimum absolute atomic E-state index is 0.0534. The number of amides is 3. The molecule has 1 fully saturated rings. The quantitative estimate of drug-likeness (QED) is 0.413. The number of carbonyl (C=O) groups is 2. The summed E-state index contributed by atoms with van der Waals surface area (Å²) >= 11 is 0. The number of carbonyl (C=O) groups excluding carboxylic acids is 2. The Bertz CT molecular complexity index is 1070. The zero-order valence-electron chi connectivity index (χ0n) is 20.5. The van der Waals surface area contributed by atoms with Gasteiger partial charge in [-0.3, -0.25) is 4.79 Å². The van der Waals surface area contributed by atoms with Gasteiger partial charge in [0.2, 0.25) is 5.91 Å². The maximum absolute atomic E-state index is 13.6. The number of benzene rings is 2. The maximum atomic E-state index is 13.6. The van der Waals surface area contributed by atoms with E-state index >= 15 is 0 Å². The number of aryl methyl sites for hydroxylation is 1. The predicted molar refractivity (Wildman–Crippen MR) is 138 cm³/mol. The van der Waals surface area contributed by atoms with Crippen molar-refractivity contribution in [1.29, 1.82) is 0 Å². The Morgan fingerprint density at radius 2 is 1.60 bits per heavy atom. The normalized spacial score (nSPS) is 13.9. The van der Waals surface area contributed by atoms with Crippen molar-refractivity contribution >= 4 is 17.6 Å². The van der Waals surface area contributed by atoms with E-state index < -0.39 is 0 Å². The number of rotatable bonds is 9. The first kappa shape index (κ1) is 24.6. The number of hydrogen-bond acceptors (Lipinski definition) is 3. The van der Waals surface area contributed by atoms with E-state index in [4.69, 9.17) is 4.42 Å². The summed E-state index contributed by atoms with van der Waals surface area (Å²) in [6.07, 6.45) is 5.94. The lowest BCUT2D eigenvalue weighted by molar-refractivity contribution is -0.133. The largest absolute Gasteiger partial charge is 0.464 e. The molecule has 184 valence electrons. The van der Waals surface area contributed by atoms with E-state index in [1.165, 1.54) is 12.0 Å². The van der Waals surface area contributed by atoms with Crippen LogP contribution in [0.25, 0.3) is 0 Å². The molecular weight excluding hydrogens is 438 g/mol. The lowest BCUT2D eigenvalue weighted by Gasteiger charge is -2.35. The van der Waals surface area contributed by atoms with Gasteiger partial charge in [-0.15, -0.1) is 0 Å². The Balaban J connectivity index is 1.50. The number of hydrogen-bond donors (Lipinski definition) is 1. The Labute approximate surface area is 207 Å². The molecule has 3 aromatic rings. The van der Waals surface area contributed by atoms with E-state index in [1.807, 2.05) is 72.5 Å². The minimum Gasteiger partial charge on any atom is -0.464 e. The zero-order chi connectivity index (χ0) is 24.5. The van der Waals surface area contributed by atoms with Gasteiger partial charge in [-0.2, -0.15) is 0 Å². The highest BCUT2D eigenvalue weighted by Crippen LogP contribution is 2.24. The molecule has 1 aliphatic carbocycles. The molecule has 1 N–H and O–H groups in total. The van der Waals surface area contributed by atoms with Crippen molar-refractivity contribution in [2.24, 2.45) is 0 Å². The standard InChI is InChI=1S/C29H35N3O3/c1-23-17-18-27(35-23)21-31(20-19-24-11-5-2-6-12-24)28(33)22-32(26-15-9-4-10-16-26)29(34)30-25-13-7-3-8-14-25/h2-3,5-8,11-14,17-18,26H,4,9-10,15-16,19-22H2,1H3,(H,30,34). The average molecular weight is 474 g/mol. The third kappa shape index (κ3) is 7.22. The van der Waals surface area contributed by atoms with E-state index in [2.05, 4.69) is 17.4 Å². The molecule has 35 heavy (non-hydrogen) atoms. The molecule has 0 spiro atoms. The van der Waals surface area contributed by atoms with E-state index in [0.29, 0.717) is 13.1 Å². The second kappa shape index (κ2) is 12.2. The van der Waals surface area contributed by atoms with Crippen LogP contribution in [-0.4, -0.2) is 40.9 Å². The van der Waals surface area contributed by atoms with Crippen LogP contribution < -0.4 is 5.32 Å². The highest BCUT2D eigenvalue weighted by molar-refractivity contribution is 5.92. The Morgan fingerprint density at radius 1 is 0.914 bits per heavy atom. The van der Waals surface area contributed by atoms with Crippen LogP contribution in [0.2, 0.25) is 0 Å². The summed E-state index contributed by atoms with van der Waals surface area (Å²) in [5.41, 5.74) is 1.91. The molecule has 0 unspecified atom stereocenters. The molecule has 1 saturated carbocycles. The topological polar surface area (TPSA) is 65.8 Å². The number of para-hydroxylation sites is 1. The van der Waals surface area contributed by atoms with Crippen LogP contribution in [0, 0.1) is 6.92 Å². The molecule has 2 aromatic carbocycles. The van der Waals surface area contributed by atoms with E-state index in [0.717, 1.165) is 49.3 Å². The van der Waals surface area contributed by atoms with Crippen LogP contribution in [0.1, 0.15) is 49.2 Å². The van der Waals surface area contributed by atoms with Crippen molar-refractivity contribution in [3.8, 4) is 0 Å². The molecule has 0 bridgehead atoms. The predicted octanol–water partition coefficient (Wildman–Crippen LogP) is 6.03. The fourth-order valence-electron chi connectivity index (χ4n) is 4.68. The second-order valence-corrected chi connectivity index (χ2v) is 9.28. The molecule has 0 atom stereocenters. The van der Waals surface area contributed by atoms with E-state index in [-0.39, 0.29) is 24.5 Å². The molecule has 1 aromatic heterocycles. The molecule has 4 rings (SSSR count). The molecular formula is C29H35N3O3.